The van der Waals surface area contributed by atoms with E-state index in [9.17, 15) is 9.90 Å². The Bertz CT molecular complexity index is 903. The number of anilines is 1. The molecule has 2 heterocycles. The van der Waals surface area contributed by atoms with E-state index < -0.39 is 5.91 Å². The number of primary amides is 1. The van der Waals surface area contributed by atoms with Gasteiger partial charge in [-0.25, -0.2) is 9.50 Å². The highest BCUT2D eigenvalue weighted by molar-refractivity contribution is 5.94. The van der Waals surface area contributed by atoms with Crippen LogP contribution in [0.3, 0.4) is 0 Å². The second-order valence-electron chi connectivity index (χ2n) is 6.25. The average molecular weight is 339 g/mol. The Kier molecular flexibility index (Phi) is 4.67. The Balaban J connectivity index is 2.01. The van der Waals surface area contributed by atoms with E-state index in [0.29, 0.717) is 17.0 Å². The van der Waals surface area contributed by atoms with E-state index in [-0.39, 0.29) is 18.6 Å². The van der Waals surface area contributed by atoms with Gasteiger partial charge in [0.25, 0.3) is 0 Å². The first-order chi connectivity index (χ1) is 12.0. The van der Waals surface area contributed by atoms with Gasteiger partial charge in [-0.1, -0.05) is 26.0 Å². The number of nitrogens with two attached hydrogens (primary N) is 1. The molecule has 0 aliphatic rings. The van der Waals surface area contributed by atoms with E-state index in [1.165, 1.54) is 0 Å². The first-order valence-electron chi connectivity index (χ1n) is 8.12. The average Bonchev–Trinajstić information content (AvgIpc) is 3.02. The van der Waals surface area contributed by atoms with Crippen molar-refractivity contribution in [2.75, 3.05) is 11.9 Å². The van der Waals surface area contributed by atoms with Gasteiger partial charge in [0.1, 0.15) is 5.82 Å². The molecule has 1 aromatic carbocycles. The standard InChI is InChI=1S/C18H21N5O2/c1-11(2)14(10-24)21-16-6-7-17-20-9-15(23(17)22-16)12-4-3-5-13(8-12)18(19)25/h3-9,11,14,24H,10H2,1-2H3,(H2,19,25)(H,21,22)/t14-/m1/s1. The maximum atomic E-state index is 11.4. The number of aliphatic hydroxyl groups is 1. The summed E-state index contributed by atoms with van der Waals surface area (Å²) in [5.41, 5.74) is 8.04. The third kappa shape index (κ3) is 3.46. The molecule has 1 amide bonds. The molecule has 0 unspecified atom stereocenters. The minimum absolute atomic E-state index is 0.0226. The van der Waals surface area contributed by atoms with Gasteiger partial charge in [-0.05, 0) is 30.2 Å². The summed E-state index contributed by atoms with van der Waals surface area (Å²) >= 11 is 0. The van der Waals surface area contributed by atoms with Crippen LogP contribution in [0.2, 0.25) is 0 Å². The van der Waals surface area contributed by atoms with Crippen molar-refractivity contribution in [3.63, 3.8) is 0 Å². The minimum atomic E-state index is -0.478. The van der Waals surface area contributed by atoms with Crippen molar-refractivity contribution < 1.29 is 9.90 Å². The third-order valence-electron chi connectivity index (χ3n) is 4.14. The van der Waals surface area contributed by atoms with Gasteiger partial charge in [0.15, 0.2) is 5.65 Å². The molecule has 0 radical (unpaired) electrons. The Labute approximate surface area is 145 Å². The van der Waals surface area contributed by atoms with E-state index in [1.807, 2.05) is 32.0 Å². The van der Waals surface area contributed by atoms with Gasteiger partial charge >= 0.3 is 0 Å². The number of benzene rings is 1. The van der Waals surface area contributed by atoms with Crippen LogP contribution in [0.25, 0.3) is 16.9 Å². The molecule has 0 saturated carbocycles. The number of aromatic nitrogens is 3. The highest BCUT2D eigenvalue weighted by atomic mass is 16.3. The minimum Gasteiger partial charge on any atom is -0.394 e. The van der Waals surface area contributed by atoms with Crippen LogP contribution in [-0.4, -0.2) is 38.3 Å². The van der Waals surface area contributed by atoms with Crippen LogP contribution in [0.5, 0.6) is 0 Å². The fraction of sp³-hybridized carbons (Fsp3) is 0.278. The van der Waals surface area contributed by atoms with Crippen molar-refractivity contribution in [3.05, 3.63) is 48.2 Å². The maximum Gasteiger partial charge on any atom is 0.248 e. The normalized spacial score (nSPS) is 12.5. The second-order valence-corrected chi connectivity index (χ2v) is 6.25. The molecule has 0 aliphatic heterocycles. The van der Waals surface area contributed by atoms with Crippen LogP contribution in [0, 0.1) is 5.92 Å². The van der Waals surface area contributed by atoms with E-state index >= 15 is 0 Å². The summed E-state index contributed by atoms with van der Waals surface area (Å²) in [5.74, 6) is 0.427. The first-order valence-corrected chi connectivity index (χ1v) is 8.12. The number of carbonyl (C=O) groups excluding carboxylic acids is 1. The summed E-state index contributed by atoms with van der Waals surface area (Å²) in [7, 11) is 0. The smallest absolute Gasteiger partial charge is 0.248 e. The zero-order valence-electron chi connectivity index (χ0n) is 14.2. The maximum absolute atomic E-state index is 11.4. The molecule has 25 heavy (non-hydrogen) atoms. The van der Waals surface area contributed by atoms with Crippen molar-refractivity contribution in [1.82, 2.24) is 14.6 Å². The van der Waals surface area contributed by atoms with Crippen LogP contribution in [0.15, 0.2) is 42.6 Å². The first kappa shape index (κ1) is 16.9. The Morgan fingerprint density at radius 3 is 2.80 bits per heavy atom. The number of imidazole rings is 1. The molecular formula is C18H21N5O2. The van der Waals surface area contributed by atoms with Crippen molar-refractivity contribution in [3.8, 4) is 11.3 Å². The van der Waals surface area contributed by atoms with Crippen molar-refractivity contribution >= 4 is 17.4 Å². The highest BCUT2D eigenvalue weighted by Gasteiger charge is 2.14. The van der Waals surface area contributed by atoms with Crippen molar-refractivity contribution in [2.45, 2.75) is 19.9 Å². The number of rotatable bonds is 6. The number of carbonyl (C=O) groups is 1. The predicted octanol–water partition coefficient (Wildman–Crippen LogP) is 1.92. The van der Waals surface area contributed by atoms with E-state index in [1.54, 1.807) is 28.9 Å². The highest BCUT2D eigenvalue weighted by Crippen LogP contribution is 2.22. The van der Waals surface area contributed by atoms with Gasteiger partial charge in [-0.2, -0.15) is 0 Å². The largest absolute Gasteiger partial charge is 0.394 e. The molecular weight excluding hydrogens is 318 g/mol. The zero-order chi connectivity index (χ0) is 18.0. The molecule has 3 rings (SSSR count). The molecule has 0 bridgehead atoms. The lowest BCUT2D eigenvalue weighted by Gasteiger charge is -2.20. The van der Waals surface area contributed by atoms with Gasteiger partial charge in [0, 0.05) is 11.1 Å². The molecule has 0 aliphatic carbocycles. The molecule has 0 fully saturated rings. The van der Waals surface area contributed by atoms with Gasteiger partial charge < -0.3 is 16.2 Å². The lowest BCUT2D eigenvalue weighted by molar-refractivity contribution is 0.100. The Morgan fingerprint density at radius 1 is 1.32 bits per heavy atom. The van der Waals surface area contributed by atoms with Gasteiger partial charge in [0.05, 0.1) is 24.5 Å². The zero-order valence-corrected chi connectivity index (χ0v) is 14.2. The molecule has 0 saturated heterocycles. The number of nitrogens with zero attached hydrogens (tertiary/aromatic N) is 3. The van der Waals surface area contributed by atoms with E-state index in [4.69, 9.17) is 5.73 Å². The Hall–Kier alpha value is -2.93. The predicted molar refractivity (Wildman–Crippen MR) is 96.3 cm³/mol. The second kappa shape index (κ2) is 6.90. The molecule has 0 spiro atoms. The lowest BCUT2D eigenvalue weighted by atomic mass is 10.1. The molecule has 2 aromatic heterocycles. The number of fused-ring (bicyclic) bond motifs is 1. The molecule has 4 N–H and O–H groups in total. The quantitative estimate of drug-likeness (QED) is 0.636. The van der Waals surface area contributed by atoms with E-state index in [0.717, 1.165) is 11.3 Å². The number of aliphatic hydroxyl groups excluding tert-OH is 1. The number of amides is 1. The summed E-state index contributed by atoms with van der Waals surface area (Å²) in [6.45, 7) is 4.09. The van der Waals surface area contributed by atoms with Crippen LogP contribution in [-0.2, 0) is 0 Å². The number of hydrogen-bond donors (Lipinski definition) is 3. The summed E-state index contributed by atoms with van der Waals surface area (Å²) in [5, 5.41) is 17.3. The molecule has 7 nitrogen and oxygen atoms in total. The monoisotopic (exact) mass is 339 g/mol. The third-order valence-corrected chi connectivity index (χ3v) is 4.14. The molecule has 1 atom stereocenters. The van der Waals surface area contributed by atoms with Crippen LogP contribution >= 0.6 is 0 Å². The summed E-state index contributed by atoms with van der Waals surface area (Å²) in [6, 6.07) is 10.6. The van der Waals surface area contributed by atoms with Crippen molar-refractivity contribution in [2.24, 2.45) is 11.7 Å². The number of nitrogens with one attached hydrogen (secondary N) is 1. The van der Waals surface area contributed by atoms with Gasteiger partial charge in [0.2, 0.25) is 5.91 Å². The topological polar surface area (TPSA) is 106 Å². The SMILES string of the molecule is CC(C)[C@@H](CO)Nc1ccc2ncc(-c3cccc(C(N)=O)c3)n2n1. The summed E-state index contributed by atoms with van der Waals surface area (Å²) in [6.07, 6.45) is 1.71. The molecule has 3 aromatic rings. The Morgan fingerprint density at radius 2 is 2.12 bits per heavy atom. The fourth-order valence-electron chi connectivity index (χ4n) is 2.59. The van der Waals surface area contributed by atoms with E-state index in [2.05, 4.69) is 15.4 Å². The van der Waals surface area contributed by atoms with Crippen LogP contribution < -0.4 is 11.1 Å². The van der Waals surface area contributed by atoms with Crippen LogP contribution in [0.4, 0.5) is 5.82 Å². The van der Waals surface area contributed by atoms with Gasteiger partial charge in [-0.3, -0.25) is 4.79 Å². The van der Waals surface area contributed by atoms with Crippen molar-refractivity contribution in [1.29, 1.82) is 0 Å². The molecule has 130 valence electrons. The fourth-order valence-corrected chi connectivity index (χ4v) is 2.59. The summed E-state index contributed by atoms with van der Waals surface area (Å²) in [4.78, 5) is 15.8. The van der Waals surface area contributed by atoms with Crippen LogP contribution in [0.1, 0.15) is 24.2 Å². The van der Waals surface area contributed by atoms with Gasteiger partial charge in [-0.15, -0.1) is 5.10 Å². The lowest BCUT2D eigenvalue weighted by Crippen LogP contribution is -2.30. The number of hydrogen-bond acceptors (Lipinski definition) is 5. The molecule has 7 heteroatoms. The summed E-state index contributed by atoms with van der Waals surface area (Å²) < 4.78 is 1.71.